The van der Waals surface area contributed by atoms with Crippen molar-refractivity contribution in [2.24, 2.45) is 4.99 Å². The molecule has 0 atom stereocenters. The van der Waals surface area contributed by atoms with Gasteiger partial charge in [0.25, 0.3) is 0 Å². The van der Waals surface area contributed by atoms with Gasteiger partial charge in [0.2, 0.25) is 0 Å². The Bertz CT molecular complexity index is 1070. The van der Waals surface area contributed by atoms with Crippen molar-refractivity contribution < 1.29 is 0 Å². The normalized spacial score (nSPS) is 17.8. The number of fused-ring (bicyclic) bond motifs is 2. The quantitative estimate of drug-likeness (QED) is 0.704. The smallest absolute Gasteiger partial charge is 0.190 e. The number of hydrogen-bond acceptors (Lipinski definition) is 2. The van der Waals surface area contributed by atoms with Gasteiger partial charge in [0.1, 0.15) is 0 Å². The maximum Gasteiger partial charge on any atom is 0.190 e. The van der Waals surface area contributed by atoms with Gasteiger partial charge in [0.15, 0.2) is 5.43 Å². The lowest BCUT2D eigenvalue weighted by Gasteiger charge is -2.44. The summed E-state index contributed by atoms with van der Waals surface area (Å²) in [6.07, 6.45) is 0. The molecule has 3 aromatic rings. The number of benzene rings is 2. The Labute approximate surface area is 147 Å². The van der Waals surface area contributed by atoms with Crippen LogP contribution in [0.25, 0.3) is 10.9 Å². The lowest BCUT2D eigenvalue weighted by Crippen LogP contribution is -2.46. The van der Waals surface area contributed by atoms with Gasteiger partial charge >= 0.3 is 0 Å². The Morgan fingerprint density at radius 1 is 0.920 bits per heavy atom. The van der Waals surface area contributed by atoms with Crippen molar-refractivity contribution in [2.45, 2.75) is 38.6 Å². The zero-order chi connectivity index (χ0) is 17.8. The van der Waals surface area contributed by atoms with Crippen LogP contribution in [0.3, 0.4) is 0 Å². The number of H-pyrrole nitrogens is 1. The maximum absolute atomic E-state index is 12.6. The van der Waals surface area contributed by atoms with Crippen LogP contribution in [0.5, 0.6) is 0 Å². The van der Waals surface area contributed by atoms with E-state index in [0.29, 0.717) is 5.39 Å². The maximum atomic E-state index is 12.6. The zero-order valence-corrected chi connectivity index (χ0v) is 15.1. The number of aromatic nitrogens is 1. The molecule has 0 saturated heterocycles. The third-order valence-electron chi connectivity index (χ3n) is 5.77. The van der Waals surface area contributed by atoms with E-state index in [0.717, 1.165) is 22.5 Å². The second kappa shape index (κ2) is 5.16. The lowest BCUT2D eigenvalue weighted by atomic mass is 9.66. The number of para-hydroxylation sites is 1. The first kappa shape index (κ1) is 15.8. The summed E-state index contributed by atoms with van der Waals surface area (Å²) >= 11 is 0. The number of hydrogen-bond donors (Lipinski definition) is 1. The second-order valence-electron chi connectivity index (χ2n) is 7.78. The van der Waals surface area contributed by atoms with Crippen LogP contribution in [0.2, 0.25) is 0 Å². The van der Waals surface area contributed by atoms with Gasteiger partial charge in [-0.15, -0.1) is 0 Å². The predicted octanol–water partition coefficient (Wildman–Crippen LogP) is 4.44. The molecule has 0 spiro atoms. The molecule has 1 aliphatic rings. The molecule has 126 valence electrons. The molecule has 3 heteroatoms. The molecule has 0 amide bonds. The fourth-order valence-electron chi connectivity index (χ4n) is 3.57. The molecule has 3 nitrogen and oxygen atoms in total. The van der Waals surface area contributed by atoms with Crippen LogP contribution in [0.15, 0.2) is 64.4 Å². The number of rotatable bonds is 1. The third-order valence-corrected chi connectivity index (χ3v) is 5.77. The Hall–Kier alpha value is -2.68. The standard InChI is InChI=1S/C22H22N2O/c1-21(2)16-11-7-5-9-14(16)20(24-22(21,3)4)18-13-19(25)15-10-6-8-12-17(15)23-18/h5-13H,1-4H3,(H,23,25). The van der Waals surface area contributed by atoms with Crippen LogP contribution < -0.4 is 5.43 Å². The van der Waals surface area contributed by atoms with Crippen LogP contribution in [0.1, 0.15) is 44.5 Å². The van der Waals surface area contributed by atoms with Crippen molar-refractivity contribution in [3.63, 3.8) is 0 Å². The van der Waals surface area contributed by atoms with Crippen LogP contribution in [0, 0.1) is 0 Å². The first-order valence-corrected chi connectivity index (χ1v) is 8.63. The Kier molecular flexibility index (Phi) is 3.26. The average Bonchev–Trinajstić information content (AvgIpc) is 2.58. The van der Waals surface area contributed by atoms with Gasteiger partial charge in [-0.25, -0.2) is 0 Å². The van der Waals surface area contributed by atoms with E-state index in [4.69, 9.17) is 4.99 Å². The largest absolute Gasteiger partial charge is 0.353 e. The number of aromatic amines is 1. The van der Waals surface area contributed by atoms with E-state index in [1.807, 2.05) is 30.3 Å². The molecule has 1 N–H and O–H groups in total. The highest BCUT2D eigenvalue weighted by molar-refractivity contribution is 6.14. The molecule has 0 aliphatic carbocycles. The Balaban J connectivity index is 2.03. The van der Waals surface area contributed by atoms with E-state index < -0.39 is 0 Å². The highest BCUT2D eigenvalue weighted by atomic mass is 16.1. The van der Waals surface area contributed by atoms with Gasteiger partial charge in [-0.1, -0.05) is 50.2 Å². The molecule has 0 radical (unpaired) electrons. The van der Waals surface area contributed by atoms with Gasteiger partial charge in [0.05, 0.1) is 16.9 Å². The van der Waals surface area contributed by atoms with Crippen molar-refractivity contribution in [1.82, 2.24) is 4.98 Å². The highest BCUT2D eigenvalue weighted by Crippen LogP contribution is 2.43. The number of aliphatic imine (C=N–C) groups is 1. The summed E-state index contributed by atoms with van der Waals surface area (Å²) in [7, 11) is 0. The summed E-state index contributed by atoms with van der Waals surface area (Å²) in [4.78, 5) is 21.1. The van der Waals surface area contributed by atoms with Crippen molar-refractivity contribution >= 4 is 16.6 Å². The number of pyridine rings is 1. The lowest BCUT2D eigenvalue weighted by molar-refractivity contribution is 0.303. The van der Waals surface area contributed by atoms with E-state index in [1.165, 1.54) is 5.56 Å². The van der Waals surface area contributed by atoms with Crippen molar-refractivity contribution in [2.75, 3.05) is 0 Å². The van der Waals surface area contributed by atoms with Crippen molar-refractivity contribution in [3.8, 4) is 0 Å². The van der Waals surface area contributed by atoms with Crippen LogP contribution in [0.4, 0.5) is 0 Å². The fourth-order valence-corrected chi connectivity index (χ4v) is 3.57. The number of nitrogens with one attached hydrogen (secondary N) is 1. The minimum absolute atomic E-state index is 0.0205. The molecular formula is C22H22N2O. The zero-order valence-electron chi connectivity index (χ0n) is 15.1. The van der Waals surface area contributed by atoms with Crippen LogP contribution >= 0.6 is 0 Å². The van der Waals surface area contributed by atoms with E-state index in [9.17, 15) is 4.79 Å². The topological polar surface area (TPSA) is 45.2 Å². The van der Waals surface area contributed by atoms with E-state index in [2.05, 4.69) is 50.9 Å². The summed E-state index contributed by atoms with van der Waals surface area (Å²) in [6, 6.07) is 17.6. The Morgan fingerprint density at radius 2 is 1.60 bits per heavy atom. The van der Waals surface area contributed by atoms with Crippen LogP contribution in [-0.4, -0.2) is 16.2 Å². The summed E-state index contributed by atoms with van der Waals surface area (Å²) in [6.45, 7) is 8.77. The molecule has 0 bridgehead atoms. The van der Waals surface area contributed by atoms with Crippen molar-refractivity contribution in [3.05, 3.63) is 81.6 Å². The van der Waals surface area contributed by atoms with E-state index >= 15 is 0 Å². The first-order chi connectivity index (χ1) is 11.8. The molecule has 2 aromatic carbocycles. The SMILES string of the molecule is CC1(C)N=C(c2cc(=O)c3ccccc3[nH]2)c2ccccc2C1(C)C. The molecule has 2 heterocycles. The van der Waals surface area contributed by atoms with E-state index in [-0.39, 0.29) is 16.4 Å². The monoisotopic (exact) mass is 330 g/mol. The van der Waals surface area contributed by atoms with Gasteiger partial charge in [-0.3, -0.25) is 9.79 Å². The first-order valence-electron chi connectivity index (χ1n) is 8.63. The van der Waals surface area contributed by atoms with Crippen molar-refractivity contribution in [1.29, 1.82) is 0 Å². The fraction of sp³-hybridized carbons (Fsp3) is 0.273. The van der Waals surface area contributed by atoms with Gasteiger partial charge in [0, 0.05) is 27.9 Å². The molecule has 0 saturated carbocycles. The summed E-state index contributed by atoms with van der Waals surface area (Å²) < 4.78 is 0. The molecule has 1 aromatic heterocycles. The minimum atomic E-state index is -0.279. The van der Waals surface area contributed by atoms with Gasteiger partial charge < -0.3 is 4.98 Å². The Morgan fingerprint density at radius 3 is 2.40 bits per heavy atom. The van der Waals surface area contributed by atoms with Gasteiger partial charge in [-0.2, -0.15) is 0 Å². The summed E-state index contributed by atoms with van der Waals surface area (Å²) in [5.41, 5.74) is 4.49. The molecule has 0 unspecified atom stereocenters. The third kappa shape index (κ3) is 2.26. The molecular weight excluding hydrogens is 308 g/mol. The molecule has 1 aliphatic heterocycles. The van der Waals surface area contributed by atoms with Crippen LogP contribution in [-0.2, 0) is 5.41 Å². The summed E-state index contributed by atoms with van der Waals surface area (Å²) in [5, 5.41) is 0.704. The molecule has 25 heavy (non-hydrogen) atoms. The average molecular weight is 330 g/mol. The highest BCUT2D eigenvalue weighted by Gasteiger charge is 2.43. The molecule has 4 rings (SSSR count). The minimum Gasteiger partial charge on any atom is -0.353 e. The number of nitrogens with zero attached hydrogens (tertiary/aromatic N) is 1. The molecule has 0 fully saturated rings. The van der Waals surface area contributed by atoms with E-state index in [1.54, 1.807) is 6.07 Å². The predicted molar refractivity (Wildman–Crippen MR) is 104 cm³/mol. The van der Waals surface area contributed by atoms with Gasteiger partial charge in [-0.05, 0) is 31.5 Å². The second-order valence-corrected chi connectivity index (χ2v) is 7.78. The summed E-state index contributed by atoms with van der Waals surface area (Å²) in [5.74, 6) is 0.